The Bertz CT molecular complexity index is 1350. The molecular formula is C28H30F2N4O2S. The summed E-state index contributed by atoms with van der Waals surface area (Å²) >= 11 is 0. The first-order valence-corrected chi connectivity index (χ1v) is 13.5. The highest BCUT2D eigenvalue weighted by Gasteiger charge is 2.42. The van der Waals surface area contributed by atoms with Gasteiger partial charge in [0.05, 0.1) is 22.6 Å². The van der Waals surface area contributed by atoms with Gasteiger partial charge >= 0.3 is 0 Å². The van der Waals surface area contributed by atoms with Crippen LogP contribution in [0.25, 0.3) is 0 Å². The number of pyridine rings is 2. The maximum Gasteiger partial charge on any atom is 0.159 e. The Balaban J connectivity index is 1.32. The lowest BCUT2D eigenvalue weighted by atomic mass is 9.84. The molecule has 0 radical (unpaired) electrons. The van der Waals surface area contributed by atoms with Gasteiger partial charge in [-0.15, -0.1) is 0 Å². The molecule has 2 aliphatic heterocycles. The number of halogens is 2. The van der Waals surface area contributed by atoms with Gasteiger partial charge in [0.25, 0.3) is 0 Å². The Morgan fingerprint density at radius 1 is 1.11 bits per heavy atom. The second-order valence-corrected chi connectivity index (χ2v) is 12.5. The highest BCUT2D eigenvalue weighted by atomic mass is 32.2. The average Bonchev–Trinajstić information content (AvgIpc) is 3.24. The number of hydrogen-bond donors (Lipinski definition) is 0. The molecule has 1 spiro atoms. The van der Waals surface area contributed by atoms with Crippen LogP contribution in [0.2, 0.25) is 0 Å². The Labute approximate surface area is 218 Å². The van der Waals surface area contributed by atoms with E-state index in [-0.39, 0.29) is 11.3 Å². The van der Waals surface area contributed by atoms with Crippen LogP contribution in [0.4, 0.5) is 8.78 Å². The number of piperidine rings is 1. The monoisotopic (exact) mass is 524 g/mol. The quantitative estimate of drug-likeness (QED) is 0.436. The van der Waals surface area contributed by atoms with Crippen molar-refractivity contribution >= 4 is 16.7 Å². The Hall–Kier alpha value is -2.88. The number of rotatable bonds is 5. The van der Waals surface area contributed by atoms with Crippen molar-refractivity contribution in [1.82, 2.24) is 14.9 Å². The molecule has 5 rings (SSSR count). The third kappa shape index (κ3) is 5.39. The summed E-state index contributed by atoms with van der Waals surface area (Å²) < 4.78 is 50.3. The van der Waals surface area contributed by atoms with Gasteiger partial charge in [-0.2, -0.15) is 4.40 Å². The lowest BCUT2D eigenvalue weighted by molar-refractivity contribution is -0.0800. The molecule has 194 valence electrons. The van der Waals surface area contributed by atoms with E-state index in [4.69, 9.17) is 4.74 Å². The van der Waals surface area contributed by atoms with Crippen LogP contribution in [0.15, 0.2) is 59.4 Å². The lowest BCUT2D eigenvalue weighted by Crippen LogP contribution is -2.42. The molecule has 1 aromatic carbocycles. The fourth-order valence-electron chi connectivity index (χ4n) is 4.77. The molecule has 6 nitrogen and oxygen atoms in total. The third-order valence-corrected chi connectivity index (χ3v) is 8.33. The summed E-state index contributed by atoms with van der Waals surface area (Å²) in [6.45, 7) is 8.58. The molecule has 0 bridgehead atoms. The zero-order valence-corrected chi connectivity index (χ0v) is 22.0. The van der Waals surface area contributed by atoms with Crippen molar-refractivity contribution in [3.8, 4) is 0 Å². The van der Waals surface area contributed by atoms with Crippen LogP contribution in [0.3, 0.4) is 0 Å². The molecule has 9 heteroatoms. The number of likely N-dealkylation sites (tertiary alicyclic amines) is 1. The minimum Gasteiger partial charge on any atom is -0.365 e. The van der Waals surface area contributed by atoms with E-state index in [1.54, 1.807) is 33.0 Å². The number of nitrogens with zero attached hydrogens (tertiary/aromatic N) is 4. The van der Waals surface area contributed by atoms with E-state index in [0.717, 1.165) is 50.2 Å². The average molecular weight is 525 g/mol. The van der Waals surface area contributed by atoms with E-state index < -0.39 is 27.4 Å². The fraction of sp³-hybridized carbons (Fsp3) is 0.393. The number of hydrogen-bond acceptors (Lipinski definition) is 5. The van der Waals surface area contributed by atoms with Crippen LogP contribution in [0.1, 0.15) is 61.6 Å². The summed E-state index contributed by atoms with van der Waals surface area (Å²) in [7, 11) is -1.60. The first-order valence-electron chi connectivity index (χ1n) is 12.4. The molecule has 0 unspecified atom stereocenters. The van der Waals surface area contributed by atoms with E-state index in [1.807, 2.05) is 24.5 Å². The van der Waals surface area contributed by atoms with Crippen molar-refractivity contribution in [2.24, 2.45) is 4.40 Å². The van der Waals surface area contributed by atoms with Crippen molar-refractivity contribution in [2.75, 3.05) is 13.1 Å². The van der Waals surface area contributed by atoms with Gasteiger partial charge in [0, 0.05) is 49.4 Å². The molecule has 0 amide bonds. The van der Waals surface area contributed by atoms with Crippen molar-refractivity contribution in [3.05, 3.63) is 94.6 Å². The second-order valence-electron chi connectivity index (χ2n) is 10.6. The zero-order chi connectivity index (χ0) is 26.2. The van der Waals surface area contributed by atoms with Crippen molar-refractivity contribution in [1.29, 1.82) is 0 Å². The van der Waals surface area contributed by atoms with Crippen molar-refractivity contribution in [2.45, 2.75) is 57.1 Å². The van der Waals surface area contributed by atoms with E-state index >= 15 is 0 Å². The zero-order valence-electron chi connectivity index (χ0n) is 21.2. The summed E-state index contributed by atoms with van der Waals surface area (Å²) in [6, 6.07) is 9.32. The van der Waals surface area contributed by atoms with Gasteiger partial charge in [-0.1, -0.05) is 6.07 Å². The first kappa shape index (κ1) is 25.8. The SMILES string of the molecule is CC(C)(C)[S@@](=O)N=C(c1ccc(F)c(F)c1)c1ccc(CN2CCC3(CC2)OCc2ccncc23)cn1. The molecule has 1 saturated heterocycles. The summed E-state index contributed by atoms with van der Waals surface area (Å²) in [5, 5.41) is 0. The Kier molecular flexibility index (Phi) is 7.04. The van der Waals surface area contributed by atoms with Crippen LogP contribution in [-0.4, -0.2) is 42.6 Å². The minimum atomic E-state index is -1.60. The van der Waals surface area contributed by atoms with Crippen LogP contribution < -0.4 is 0 Å². The molecular weight excluding hydrogens is 494 g/mol. The predicted molar refractivity (Wildman–Crippen MR) is 139 cm³/mol. The topological polar surface area (TPSA) is 67.7 Å². The van der Waals surface area contributed by atoms with Crippen molar-refractivity contribution < 1.29 is 17.7 Å². The van der Waals surface area contributed by atoms with E-state index in [2.05, 4.69) is 19.3 Å². The van der Waals surface area contributed by atoms with Gasteiger partial charge in [-0.3, -0.25) is 14.9 Å². The number of ether oxygens (including phenoxy) is 1. The molecule has 2 aromatic heterocycles. The molecule has 0 N–H and O–H groups in total. The van der Waals surface area contributed by atoms with Gasteiger partial charge in [-0.05, 0) is 75.1 Å². The number of fused-ring (bicyclic) bond motifs is 2. The molecule has 2 aliphatic rings. The van der Waals surface area contributed by atoms with E-state index in [9.17, 15) is 13.0 Å². The second kappa shape index (κ2) is 10.1. The van der Waals surface area contributed by atoms with Gasteiger partial charge in [-0.25, -0.2) is 13.0 Å². The molecule has 1 atom stereocenters. The lowest BCUT2D eigenvalue weighted by Gasteiger charge is -2.39. The molecule has 0 aliphatic carbocycles. The summed E-state index contributed by atoms with van der Waals surface area (Å²) in [5.41, 5.74) is 4.28. The highest BCUT2D eigenvalue weighted by Crippen LogP contribution is 2.43. The van der Waals surface area contributed by atoms with Gasteiger partial charge < -0.3 is 4.74 Å². The summed E-state index contributed by atoms with van der Waals surface area (Å²) in [6.07, 6.45) is 7.34. The summed E-state index contributed by atoms with van der Waals surface area (Å²) in [5.74, 6) is -1.94. The van der Waals surface area contributed by atoms with E-state index in [1.165, 1.54) is 17.2 Å². The predicted octanol–water partition coefficient (Wildman–Crippen LogP) is 5.08. The number of aromatic nitrogens is 2. The van der Waals surface area contributed by atoms with Crippen LogP contribution >= 0.6 is 0 Å². The van der Waals surface area contributed by atoms with Crippen molar-refractivity contribution in [3.63, 3.8) is 0 Å². The Morgan fingerprint density at radius 2 is 1.89 bits per heavy atom. The minimum absolute atomic E-state index is 0.235. The number of benzene rings is 1. The Morgan fingerprint density at radius 3 is 2.57 bits per heavy atom. The van der Waals surface area contributed by atoms with Crippen LogP contribution in [-0.2, 0) is 34.5 Å². The largest absolute Gasteiger partial charge is 0.365 e. The van der Waals surface area contributed by atoms with E-state index in [0.29, 0.717) is 17.9 Å². The third-order valence-electron chi connectivity index (χ3n) is 6.93. The molecule has 3 aromatic rings. The first-order chi connectivity index (χ1) is 17.6. The van der Waals surface area contributed by atoms with Gasteiger partial charge in [0.2, 0.25) is 0 Å². The maximum atomic E-state index is 14.0. The maximum absolute atomic E-state index is 14.0. The van der Waals surface area contributed by atoms with Gasteiger partial charge in [0.1, 0.15) is 16.7 Å². The fourth-order valence-corrected chi connectivity index (χ4v) is 5.40. The van der Waals surface area contributed by atoms with Crippen LogP contribution in [0.5, 0.6) is 0 Å². The van der Waals surface area contributed by atoms with Crippen LogP contribution in [0, 0.1) is 11.6 Å². The standard InChI is InChI=1S/C28H30F2N4O2S/c1-27(2,3)37(35)33-26(20-5-6-23(29)24(30)14-20)25-7-4-19(15-32-25)17-34-12-9-28(10-13-34)22-16-31-11-8-21(22)18-36-28/h4-8,11,14-16H,9-10,12-13,17-18H2,1-3H3/t37-/m1/s1. The normalized spacial score (nSPS) is 18.7. The van der Waals surface area contributed by atoms with Gasteiger partial charge in [0.15, 0.2) is 11.6 Å². The highest BCUT2D eigenvalue weighted by molar-refractivity contribution is 7.85. The molecule has 37 heavy (non-hydrogen) atoms. The molecule has 1 fully saturated rings. The molecule has 0 saturated carbocycles. The molecule has 4 heterocycles. The summed E-state index contributed by atoms with van der Waals surface area (Å²) in [4.78, 5) is 11.2. The smallest absolute Gasteiger partial charge is 0.159 e.